The fourth-order valence-electron chi connectivity index (χ4n) is 5.77. The molecule has 0 radical (unpaired) electrons. The number of aromatic amines is 2. The molecule has 0 unspecified atom stereocenters. The number of rotatable bonds is 8. The predicted octanol–water partition coefficient (Wildman–Crippen LogP) is 6.91. The van der Waals surface area contributed by atoms with Crippen LogP contribution in [0.15, 0.2) is 79.1 Å². The molecular formula is C34H30FN5O3S. The molecule has 3 heterocycles. The lowest BCUT2D eigenvalue weighted by Gasteiger charge is -2.24. The smallest absolute Gasteiger partial charge is 0.227 e. The summed E-state index contributed by atoms with van der Waals surface area (Å²) in [6.45, 7) is 0. The summed E-state index contributed by atoms with van der Waals surface area (Å²) in [6, 6.07) is 20.5. The second-order valence-electron chi connectivity index (χ2n) is 11.6. The van der Waals surface area contributed by atoms with E-state index >= 15 is 0 Å². The maximum Gasteiger partial charge on any atom is 0.227 e. The van der Waals surface area contributed by atoms with Gasteiger partial charge in [-0.1, -0.05) is 30.7 Å². The number of H-pyrrole nitrogens is 2. The number of nitrogens with one attached hydrogen (secondary N) is 3. The maximum absolute atomic E-state index is 14.7. The molecule has 0 bridgehead atoms. The SMILES string of the molecule is CS(=O)(=O)CCc1cc(F)cc(-c2cccc3[nH]c(-c4n[nH]c5ccc(-c6cncc(NC(=O)C7CCC7)c6)cc45)cc23)c1. The molecule has 3 N–H and O–H groups in total. The van der Waals surface area contributed by atoms with Crippen LogP contribution >= 0.6 is 0 Å². The normalized spacial score (nSPS) is 13.8. The van der Waals surface area contributed by atoms with Crippen LogP contribution in [0, 0.1) is 11.7 Å². The molecule has 1 fully saturated rings. The summed E-state index contributed by atoms with van der Waals surface area (Å²) in [5.41, 5.74) is 7.89. The highest BCUT2D eigenvalue weighted by Gasteiger charge is 2.25. The highest BCUT2D eigenvalue weighted by Crippen LogP contribution is 2.36. The number of carbonyl (C=O) groups is 1. The van der Waals surface area contributed by atoms with Gasteiger partial charge in [-0.2, -0.15) is 5.10 Å². The third-order valence-electron chi connectivity index (χ3n) is 8.33. The van der Waals surface area contributed by atoms with Crippen LogP contribution in [0.1, 0.15) is 24.8 Å². The number of fused-ring (bicyclic) bond motifs is 2. The maximum atomic E-state index is 14.7. The Bertz CT molecular complexity index is 2160. The third-order valence-corrected chi connectivity index (χ3v) is 9.27. The fraction of sp³-hybridized carbons (Fsp3) is 0.206. The Morgan fingerprint density at radius 2 is 1.82 bits per heavy atom. The van der Waals surface area contributed by atoms with Crippen LogP contribution in [-0.2, 0) is 21.1 Å². The molecule has 0 atom stereocenters. The Labute approximate surface area is 253 Å². The molecule has 1 amide bonds. The van der Waals surface area contributed by atoms with E-state index in [0.717, 1.165) is 69.1 Å². The summed E-state index contributed by atoms with van der Waals surface area (Å²) < 4.78 is 38.0. The summed E-state index contributed by atoms with van der Waals surface area (Å²) in [5.74, 6) is -0.323. The third kappa shape index (κ3) is 5.60. The molecule has 6 aromatic rings. The summed E-state index contributed by atoms with van der Waals surface area (Å²) in [5, 5.41) is 12.5. The van der Waals surface area contributed by atoms with Gasteiger partial charge in [-0.25, -0.2) is 12.8 Å². The molecule has 0 aliphatic heterocycles. The molecule has 44 heavy (non-hydrogen) atoms. The zero-order valence-corrected chi connectivity index (χ0v) is 24.8. The summed E-state index contributed by atoms with van der Waals surface area (Å²) in [6.07, 6.45) is 7.83. The minimum Gasteiger partial charge on any atom is -0.353 e. The Morgan fingerprint density at radius 3 is 2.61 bits per heavy atom. The molecule has 222 valence electrons. The Kier molecular flexibility index (Phi) is 7.01. The topological polar surface area (TPSA) is 121 Å². The molecule has 1 aliphatic rings. The predicted molar refractivity (Wildman–Crippen MR) is 171 cm³/mol. The van der Waals surface area contributed by atoms with Gasteiger partial charge in [0.25, 0.3) is 0 Å². The highest BCUT2D eigenvalue weighted by atomic mass is 32.2. The van der Waals surface area contributed by atoms with Gasteiger partial charge in [0, 0.05) is 40.2 Å². The number of aromatic nitrogens is 4. The van der Waals surface area contributed by atoms with Crippen molar-refractivity contribution in [1.29, 1.82) is 0 Å². The van der Waals surface area contributed by atoms with Crippen molar-refractivity contribution in [2.45, 2.75) is 25.7 Å². The number of carbonyl (C=O) groups excluding carboxylic acids is 1. The van der Waals surface area contributed by atoms with Crippen molar-refractivity contribution >= 4 is 43.2 Å². The van der Waals surface area contributed by atoms with E-state index in [2.05, 4.69) is 31.5 Å². The second kappa shape index (κ2) is 11.0. The van der Waals surface area contributed by atoms with E-state index in [0.29, 0.717) is 16.8 Å². The first-order valence-electron chi connectivity index (χ1n) is 14.5. The van der Waals surface area contributed by atoms with Crippen LogP contribution in [0.4, 0.5) is 10.1 Å². The van der Waals surface area contributed by atoms with Gasteiger partial charge in [0.1, 0.15) is 21.3 Å². The van der Waals surface area contributed by atoms with E-state index in [1.165, 1.54) is 18.4 Å². The summed E-state index contributed by atoms with van der Waals surface area (Å²) in [4.78, 5) is 20.3. The number of anilines is 1. The van der Waals surface area contributed by atoms with E-state index in [1.807, 2.05) is 48.5 Å². The molecule has 1 aliphatic carbocycles. The molecule has 0 spiro atoms. The first-order valence-corrected chi connectivity index (χ1v) is 16.6. The number of amides is 1. The molecule has 7 rings (SSSR count). The molecule has 1 saturated carbocycles. The molecule has 0 saturated heterocycles. The van der Waals surface area contributed by atoms with Gasteiger partial charge in [0.2, 0.25) is 5.91 Å². The monoisotopic (exact) mass is 607 g/mol. The van der Waals surface area contributed by atoms with E-state index in [-0.39, 0.29) is 24.0 Å². The number of hydrogen-bond acceptors (Lipinski definition) is 5. The van der Waals surface area contributed by atoms with Crippen molar-refractivity contribution in [1.82, 2.24) is 20.2 Å². The van der Waals surface area contributed by atoms with Crippen molar-refractivity contribution in [2.75, 3.05) is 17.3 Å². The number of pyridine rings is 1. The summed E-state index contributed by atoms with van der Waals surface area (Å²) in [7, 11) is -3.17. The average Bonchev–Trinajstić information content (AvgIpc) is 3.58. The number of sulfone groups is 1. The minimum atomic E-state index is -3.17. The number of aryl methyl sites for hydroxylation is 1. The van der Waals surface area contributed by atoms with Crippen molar-refractivity contribution in [3.8, 4) is 33.6 Å². The van der Waals surface area contributed by atoms with Crippen LogP contribution in [0.5, 0.6) is 0 Å². The summed E-state index contributed by atoms with van der Waals surface area (Å²) >= 11 is 0. The van der Waals surface area contributed by atoms with E-state index in [1.54, 1.807) is 12.4 Å². The lowest BCUT2D eigenvalue weighted by atomic mass is 9.85. The zero-order chi connectivity index (χ0) is 30.4. The van der Waals surface area contributed by atoms with Crippen molar-refractivity contribution in [2.24, 2.45) is 5.92 Å². The van der Waals surface area contributed by atoms with E-state index in [9.17, 15) is 17.6 Å². The van der Waals surface area contributed by atoms with Crippen molar-refractivity contribution < 1.29 is 17.6 Å². The number of halogens is 1. The molecule has 8 nitrogen and oxygen atoms in total. The van der Waals surface area contributed by atoms with Crippen LogP contribution in [0.3, 0.4) is 0 Å². The molecule has 10 heteroatoms. The average molecular weight is 608 g/mol. The largest absolute Gasteiger partial charge is 0.353 e. The highest BCUT2D eigenvalue weighted by molar-refractivity contribution is 7.90. The lowest BCUT2D eigenvalue weighted by molar-refractivity contribution is -0.122. The number of benzene rings is 3. The molecule has 3 aromatic heterocycles. The van der Waals surface area contributed by atoms with Gasteiger partial charge in [-0.05, 0) is 84.0 Å². The molecular weight excluding hydrogens is 577 g/mol. The lowest BCUT2D eigenvalue weighted by Crippen LogP contribution is -2.28. The van der Waals surface area contributed by atoms with Crippen LogP contribution < -0.4 is 5.32 Å². The first-order chi connectivity index (χ1) is 21.2. The quantitative estimate of drug-likeness (QED) is 0.174. The van der Waals surface area contributed by atoms with Crippen molar-refractivity contribution in [3.63, 3.8) is 0 Å². The van der Waals surface area contributed by atoms with Gasteiger partial charge in [0.05, 0.1) is 28.8 Å². The van der Waals surface area contributed by atoms with Crippen LogP contribution in [0.2, 0.25) is 0 Å². The first kappa shape index (κ1) is 28.0. The van der Waals surface area contributed by atoms with Crippen LogP contribution in [0.25, 0.3) is 55.4 Å². The van der Waals surface area contributed by atoms with Gasteiger partial charge < -0.3 is 10.3 Å². The number of nitrogens with zero attached hydrogens (tertiary/aromatic N) is 2. The molecule has 3 aromatic carbocycles. The second-order valence-corrected chi connectivity index (χ2v) is 13.8. The number of hydrogen-bond donors (Lipinski definition) is 3. The van der Waals surface area contributed by atoms with E-state index in [4.69, 9.17) is 0 Å². The van der Waals surface area contributed by atoms with Crippen molar-refractivity contribution in [3.05, 3.63) is 90.5 Å². The minimum absolute atomic E-state index is 0.0436. The standard InChI is InChI=1S/C34H30FN5O3S/c1-44(42,43)11-10-20-12-23(14-25(35)13-20)27-6-3-7-30-28(27)17-32(38-30)33-29-16-22(8-9-31(29)39-40-33)24-15-26(19-36-18-24)37-34(41)21-4-2-5-21/h3,6-9,12-19,21,38H,2,4-5,10-11H2,1H3,(H,37,41)(H,39,40). The zero-order valence-electron chi connectivity index (χ0n) is 24.0. The fourth-order valence-corrected chi connectivity index (χ4v) is 6.37. The Hall–Kier alpha value is -4.83. The van der Waals surface area contributed by atoms with Gasteiger partial charge in [-0.3, -0.25) is 14.9 Å². The Morgan fingerprint density at radius 1 is 0.955 bits per heavy atom. The van der Waals surface area contributed by atoms with E-state index < -0.39 is 15.7 Å². The Balaban J connectivity index is 1.23. The van der Waals surface area contributed by atoms with Crippen LogP contribution in [-0.4, -0.2) is 46.5 Å². The van der Waals surface area contributed by atoms with Gasteiger partial charge in [-0.15, -0.1) is 0 Å². The van der Waals surface area contributed by atoms with Gasteiger partial charge >= 0.3 is 0 Å². The van der Waals surface area contributed by atoms with Gasteiger partial charge in [0.15, 0.2) is 0 Å².